The van der Waals surface area contributed by atoms with Gasteiger partial charge in [0.25, 0.3) is 0 Å². The molecule has 0 bridgehead atoms. The molecule has 13 heavy (non-hydrogen) atoms. The number of carbonyl (C=O) groups is 1. The fraction of sp³-hybridized carbons (Fsp3) is 0.250. The molecule has 2 N–H and O–H groups in total. The number of hydrogen-bond donors (Lipinski definition) is 3. The Labute approximate surface area is 79.3 Å². The van der Waals surface area contributed by atoms with Crippen LogP contribution in [0.3, 0.4) is 0 Å². The van der Waals surface area contributed by atoms with Crippen molar-refractivity contribution in [3.8, 4) is 0 Å². The van der Waals surface area contributed by atoms with Crippen molar-refractivity contribution in [2.75, 3.05) is 10.0 Å². The molecule has 0 saturated heterocycles. The average Bonchev–Trinajstić information content (AvgIpc) is 2.33. The third-order valence-electron chi connectivity index (χ3n) is 0.895. The third-order valence-corrected chi connectivity index (χ3v) is 2.19. The zero-order chi connectivity index (χ0) is 9.84. The van der Waals surface area contributed by atoms with Gasteiger partial charge in [-0.3, -0.25) is 9.52 Å². The van der Waals surface area contributed by atoms with E-state index in [-0.39, 0.29) is 16.2 Å². The molecule has 1 aromatic heterocycles. The molecule has 1 amide bonds. The summed E-state index contributed by atoms with van der Waals surface area (Å²) in [5.41, 5.74) is 0. The molecule has 0 saturated carbocycles. The van der Waals surface area contributed by atoms with Gasteiger partial charge in [0, 0.05) is 6.92 Å². The van der Waals surface area contributed by atoms with Gasteiger partial charge < -0.3 is 5.32 Å². The van der Waals surface area contributed by atoms with E-state index in [9.17, 15) is 13.2 Å². The van der Waals surface area contributed by atoms with Gasteiger partial charge in [-0.15, -0.1) is 10.2 Å². The molecule has 1 rings (SSSR count). The minimum Gasteiger partial charge on any atom is -0.301 e. The van der Waals surface area contributed by atoms with Crippen molar-refractivity contribution in [3.05, 3.63) is 0 Å². The summed E-state index contributed by atoms with van der Waals surface area (Å²) in [6.45, 7) is 1.32. The summed E-state index contributed by atoms with van der Waals surface area (Å²) in [6.07, 6.45) is 0. The number of hydrogen-bond acceptors (Lipinski definition) is 6. The lowest BCUT2D eigenvalue weighted by atomic mass is 10.7. The van der Waals surface area contributed by atoms with Crippen LogP contribution >= 0.6 is 11.3 Å². The van der Waals surface area contributed by atoms with Crippen molar-refractivity contribution in [2.45, 2.75) is 6.92 Å². The molecule has 9 heteroatoms. The summed E-state index contributed by atoms with van der Waals surface area (Å²) < 4.78 is 22.4. The predicted octanol–water partition coefficient (Wildman–Crippen LogP) is -0.565. The highest BCUT2D eigenvalue weighted by atomic mass is 32.2. The fourth-order valence-electron chi connectivity index (χ4n) is 0.548. The minimum absolute atomic E-state index is 0.125. The molecule has 0 aliphatic carbocycles. The van der Waals surface area contributed by atoms with E-state index in [1.54, 1.807) is 0 Å². The fourth-order valence-corrected chi connectivity index (χ4v) is 1.70. The molecule has 0 atom stereocenters. The van der Waals surface area contributed by atoms with E-state index in [1.807, 2.05) is 4.72 Å². The van der Waals surface area contributed by atoms with Crippen LogP contribution in [0.1, 0.15) is 6.92 Å². The maximum atomic E-state index is 10.5. The number of thiol groups is 1. The van der Waals surface area contributed by atoms with Gasteiger partial charge in [-0.2, -0.15) is 0 Å². The molecule has 0 aliphatic heterocycles. The van der Waals surface area contributed by atoms with Crippen LogP contribution in [0, 0.1) is 0 Å². The number of nitrogens with one attached hydrogen (secondary N) is 2. The zero-order valence-electron chi connectivity index (χ0n) is 6.47. The molecule has 0 spiro atoms. The van der Waals surface area contributed by atoms with Crippen molar-refractivity contribution < 1.29 is 13.2 Å². The maximum absolute atomic E-state index is 10.5. The maximum Gasteiger partial charge on any atom is 0.224 e. The monoisotopic (exact) mass is 222 g/mol. The Balaban J connectivity index is 2.68. The smallest absolute Gasteiger partial charge is 0.224 e. The molecule has 1 heterocycles. The number of carbonyl (C=O) groups excluding carboxylic acids is 1. The predicted molar refractivity (Wildman–Crippen MR) is 48.2 cm³/mol. The van der Waals surface area contributed by atoms with Gasteiger partial charge in [-0.25, -0.2) is 8.42 Å². The van der Waals surface area contributed by atoms with Crippen molar-refractivity contribution in [2.24, 2.45) is 0 Å². The molecule has 0 radical (unpaired) electrons. The van der Waals surface area contributed by atoms with Gasteiger partial charge in [0.05, 0.1) is 0 Å². The number of rotatable bonds is 3. The quantitative estimate of drug-likeness (QED) is 0.595. The number of nitrogens with zero attached hydrogens (tertiary/aromatic N) is 2. The zero-order valence-corrected chi connectivity index (χ0v) is 8.19. The first kappa shape index (κ1) is 9.86. The first-order valence-electron chi connectivity index (χ1n) is 3.10. The summed E-state index contributed by atoms with van der Waals surface area (Å²) in [5, 5.41) is 9.73. The third kappa shape index (κ3) is 3.34. The van der Waals surface area contributed by atoms with Crippen LogP contribution in [0.25, 0.3) is 0 Å². The van der Waals surface area contributed by atoms with Crippen LogP contribution in [0.2, 0.25) is 0 Å². The Bertz CT molecular complexity index is 376. The van der Waals surface area contributed by atoms with Crippen molar-refractivity contribution in [1.82, 2.24) is 10.2 Å². The van der Waals surface area contributed by atoms with E-state index in [2.05, 4.69) is 15.5 Å². The van der Waals surface area contributed by atoms with E-state index in [0.717, 1.165) is 11.3 Å². The van der Waals surface area contributed by atoms with Gasteiger partial charge in [-0.1, -0.05) is 11.3 Å². The Morgan fingerprint density at radius 2 is 2.00 bits per heavy atom. The first-order chi connectivity index (χ1) is 6.08. The lowest BCUT2D eigenvalue weighted by Gasteiger charge is -1.90. The van der Waals surface area contributed by atoms with Crippen LogP contribution in [-0.4, -0.2) is 24.5 Å². The molecule has 0 aromatic carbocycles. The first-order valence-corrected chi connectivity index (χ1v) is 5.09. The Morgan fingerprint density at radius 3 is 2.54 bits per heavy atom. The van der Waals surface area contributed by atoms with E-state index in [4.69, 9.17) is 0 Å². The van der Waals surface area contributed by atoms with Gasteiger partial charge >= 0.3 is 0 Å². The standard InChI is InChI=1S/C4H6N4O3S2/c1-2(9)5-3-6-7-4(12-3)8-13(10)11/h13H,1H3,(H,5,6,9)(H,7,8,10,11). The largest absolute Gasteiger partial charge is 0.301 e. The SMILES string of the molecule is CC(=O)Nc1nnc(N[SH](=O)=O)s1. The van der Waals surface area contributed by atoms with Gasteiger partial charge in [0.1, 0.15) is 0 Å². The second-order valence-electron chi connectivity index (χ2n) is 1.96. The lowest BCUT2D eigenvalue weighted by molar-refractivity contribution is -0.114. The highest BCUT2D eigenvalue weighted by Gasteiger charge is 2.04. The molecular weight excluding hydrogens is 216 g/mol. The topological polar surface area (TPSA) is 101 Å². The highest BCUT2D eigenvalue weighted by Crippen LogP contribution is 2.19. The summed E-state index contributed by atoms with van der Waals surface area (Å²) in [6, 6.07) is 0. The van der Waals surface area contributed by atoms with Crippen molar-refractivity contribution in [3.63, 3.8) is 0 Å². The summed E-state index contributed by atoms with van der Waals surface area (Å²) >= 11 is 0.940. The average molecular weight is 222 g/mol. The highest BCUT2D eigenvalue weighted by molar-refractivity contribution is 7.74. The molecule has 1 aromatic rings. The second-order valence-corrected chi connectivity index (χ2v) is 3.68. The van der Waals surface area contributed by atoms with Crippen LogP contribution < -0.4 is 10.0 Å². The van der Waals surface area contributed by atoms with Crippen molar-refractivity contribution >= 4 is 38.4 Å². The van der Waals surface area contributed by atoms with E-state index in [1.165, 1.54) is 6.92 Å². The van der Waals surface area contributed by atoms with E-state index in [0.29, 0.717) is 0 Å². The van der Waals surface area contributed by atoms with Crippen LogP contribution in [0.5, 0.6) is 0 Å². The number of anilines is 2. The summed E-state index contributed by atoms with van der Waals surface area (Å²) in [7, 11) is -2.74. The van der Waals surface area contributed by atoms with Crippen molar-refractivity contribution in [1.29, 1.82) is 0 Å². The lowest BCUT2D eigenvalue weighted by Crippen LogP contribution is -2.04. The van der Waals surface area contributed by atoms with E-state index < -0.39 is 10.9 Å². The molecule has 0 unspecified atom stereocenters. The second kappa shape index (κ2) is 4.14. The minimum atomic E-state index is -2.74. The number of amides is 1. The molecule has 7 nitrogen and oxygen atoms in total. The van der Waals surface area contributed by atoms with Crippen LogP contribution in [0.15, 0.2) is 0 Å². The molecule has 72 valence electrons. The Morgan fingerprint density at radius 1 is 1.38 bits per heavy atom. The van der Waals surface area contributed by atoms with Gasteiger partial charge in [0.2, 0.25) is 27.1 Å². The Hall–Kier alpha value is -1.22. The Kier molecular flexibility index (Phi) is 3.14. The van der Waals surface area contributed by atoms with Crippen LogP contribution in [-0.2, 0) is 15.7 Å². The van der Waals surface area contributed by atoms with Gasteiger partial charge in [0.15, 0.2) is 0 Å². The summed E-state index contributed by atoms with van der Waals surface area (Å²) in [4.78, 5) is 10.5. The molecular formula is C4H6N4O3S2. The molecule has 0 aliphatic rings. The normalized spacial score (nSPS) is 10.0. The summed E-state index contributed by atoms with van der Waals surface area (Å²) in [5.74, 6) is -0.283. The van der Waals surface area contributed by atoms with Crippen LogP contribution in [0.4, 0.5) is 10.3 Å². The van der Waals surface area contributed by atoms with Gasteiger partial charge in [-0.05, 0) is 0 Å². The number of aromatic nitrogens is 2. The molecule has 0 fully saturated rings. The van der Waals surface area contributed by atoms with E-state index >= 15 is 0 Å².